The second-order valence-electron chi connectivity index (χ2n) is 5.12. The monoisotopic (exact) mass is 255 g/mol. The van der Waals surface area contributed by atoms with Crippen LogP contribution in [0.4, 0.5) is 5.69 Å². The summed E-state index contributed by atoms with van der Waals surface area (Å²) in [5, 5.41) is 7.03. The molecule has 0 spiro atoms. The number of hydrogen-bond donors (Lipinski definition) is 1. The highest BCUT2D eigenvalue weighted by molar-refractivity contribution is 6.04. The average molecular weight is 255 g/mol. The molecule has 1 saturated carbocycles. The molecule has 4 heteroatoms. The Morgan fingerprint density at radius 3 is 2.84 bits per heavy atom. The lowest BCUT2D eigenvalue weighted by Gasteiger charge is -2.06. The van der Waals surface area contributed by atoms with E-state index in [1.807, 2.05) is 32.2 Å². The Bertz CT molecular complexity index is 626. The Morgan fingerprint density at radius 1 is 1.42 bits per heavy atom. The van der Waals surface area contributed by atoms with Crippen molar-refractivity contribution in [3.05, 3.63) is 47.3 Å². The molecule has 1 fully saturated rings. The summed E-state index contributed by atoms with van der Waals surface area (Å²) in [4.78, 5) is 12.2. The number of benzene rings is 1. The smallest absolute Gasteiger partial charge is 0.255 e. The molecule has 1 N–H and O–H groups in total. The third-order valence-corrected chi connectivity index (χ3v) is 3.68. The van der Waals surface area contributed by atoms with Gasteiger partial charge in [-0.05, 0) is 43.4 Å². The van der Waals surface area contributed by atoms with Crippen molar-refractivity contribution in [1.29, 1.82) is 0 Å². The van der Waals surface area contributed by atoms with Crippen LogP contribution >= 0.6 is 0 Å². The zero-order valence-electron chi connectivity index (χ0n) is 11.2. The number of carbonyl (C=O) groups is 1. The van der Waals surface area contributed by atoms with Crippen molar-refractivity contribution in [2.75, 3.05) is 5.32 Å². The van der Waals surface area contributed by atoms with E-state index in [1.165, 1.54) is 18.4 Å². The Kier molecular flexibility index (Phi) is 2.85. The van der Waals surface area contributed by atoms with Crippen LogP contribution in [0.3, 0.4) is 0 Å². The molecule has 1 aromatic carbocycles. The van der Waals surface area contributed by atoms with E-state index >= 15 is 0 Å². The van der Waals surface area contributed by atoms with Crippen molar-refractivity contribution < 1.29 is 4.79 Å². The van der Waals surface area contributed by atoms with Gasteiger partial charge in [0, 0.05) is 12.6 Å². The van der Waals surface area contributed by atoms with Crippen LogP contribution in [0, 0.1) is 6.92 Å². The van der Waals surface area contributed by atoms with Gasteiger partial charge in [0.15, 0.2) is 0 Å². The number of carbonyl (C=O) groups excluding carboxylic acids is 1. The molecule has 1 aromatic heterocycles. The van der Waals surface area contributed by atoms with Gasteiger partial charge in [-0.2, -0.15) is 5.10 Å². The first-order chi connectivity index (χ1) is 9.15. The van der Waals surface area contributed by atoms with Crippen LogP contribution in [0.2, 0.25) is 0 Å². The number of aryl methyl sites for hydroxylation is 1. The quantitative estimate of drug-likeness (QED) is 0.916. The summed E-state index contributed by atoms with van der Waals surface area (Å²) in [5.41, 5.74) is 3.71. The van der Waals surface area contributed by atoms with Crippen LogP contribution in [-0.2, 0) is 7.05 Å². The molecular formula is C15H17N3O. The van der Waals surface area contributed by atoms with E-state index < -0.39 is 0 Å². The second-order valence-corrected chi connectivity index (χ2v) is 5.12. The Hall–Kier alpha value is -2.10. The summed E-state index contributed by atoms with van der Waals surface area (Å²) in [5.74, 6) is 0.589. The van der Waals surface area contributed by atoms with Gasteiger partial charge in [-0.15, -0.1) is 0 Å². The number of nitrogens with one attached hydrogen (secondary N) is 1. The van der Waals surface area contributed by atoms with E-state index in [4.69, 9.17) is 0 Å². The predicted molar refractivity (Wildman–Crippen MR) is 74.3 cm³/mol. The minimum atomic E-state index is -0.0707. The summed E-state index contributed by atoms with van der Waals surface area (Å²) in [6, 6.07) is 7.91. The van der Waals surface area contributed by atoms with Gasteiger partial charge in [0.1, 0.15) is 0 Å². The lowest BCUT2D eigenvalue weighted by molar-refractivity contribution is 0.102. The van der Waals surface area contributed by atoms with Gasteiger partial charge in [0.05, 0.1) is 17.6 Å². The highest BCUT2D eigenvalue weighted by Gasteiger charge is 2.24. The number of amides is 1. The van der Waals surface area contributed by atoms with Gasteiger partial charge in [0.25, 0.3) is 5.91 Å². The number of aromatic nitrogens is 2. The van der Waals surface area contributed by atoms with Gasteiger partial charge in [-0.3, -0.25) is 9.48 Å². The molecule has 0 aliphatic heterocycles. The first-order valence-electron chi connectivity index (χ1n) is 6.55. The first-order valence-corrected chi connectivity index (χ1v) is 6.55. The Morgan fingerprint density at radius 2 is 2.21 bits per heavy atom. The molecule has 1 aliphatic rings. The maximum atomic E-state index is 12.2. The number of nitrogens with zero attached hydrogens (tertiary/aromatic N) is 2. The van der Waals surface area contributed by atoms with Gasteiger partial charge in [-0.1, -0.05) is 12.1 Å². The maximum absolute atomic E-state index is 12.2. The lowest BCUT2D eigenvalue weighted by Crippen LogP contribution is -2.12. The zero-order valence-corrected chi connectivity index (χ0v) is 11.2. The van der Waals surface area contributed by atoms with Gasteiger partial charge >= 0.3 is 0 Å². The molecule has 0 atom stereocenters. The molecule has 1 heterocycles. The van der Waals surface area contributed by atoms with Crippen LogP contribution in [0.25, 0.3) is 0 Å². The predicted octanol–water partition coefficient (Wildman–Crippen LogP) is 2.86. The number of rotatable bonds is 3. The molecule has 0 unspecified atom stereocenters. The SMILES string of the molecule is Cc1c(NC(=O)c2cccc(C3CC3)c2)cnn1C. The minimum absolute atomic E-state index is 0.0707. The van der Waals surface area contributed by atoms with Gasteiger partial charge < -0.3 is 5.32 Å². The van der Waals surface area contributed by atoms with Crippen molar-refractivity contribution >= 4 is 11.6 Å². The van der Waals surface area contributed by atoms with Gasteiger partial charge in [0.2, 0.25) is 0 Å². The van der Waals surface area contributed by atoms with Crippen molar-refractivity contribution in [3.8, 4) is 0 Å². The molecule has 0 saturated heterocycles. The largest absolute Gasteiger partial charge is 0.319 e. The maximum Gasteiger partial charge on any atom is 0.255 e. The fraction of sp³-hybridized carbons (Fsp3) is 0.333. The first kappa shape index (κ1) is 12.0. The third-order valence-electron chi connectivity index (χ3n) is 3.68. The fourth-order valence-corrected chi connectivity index (χ4v) is 2.17. The molecule has 98 valence electrons. The van der Waals surface area contributed by atoms with Crippen LogP contribution < -0.4 is 5.32 Å². The van der Waals surface area contributed by atoms with E-state index in [-0.39, 0.29) is 5.91 Å². The van der Waals surface area contributed by atoms with E-state index in [9.17, 15) is 4.79 Å². The minimum Gasteiger partial charge on any atom is -0.319 e. The fourth-order valence-electron chi connectivity index (χ4n) is 2.17. The summed E-state index contributed by atoms with van der Waals surface area (Å²) in [6.45, 7) is 1.93. The molecule has 0 radical (unpaired) electrons. The summed E-state index contributed by atoms with van der Waals surface area (Å²) < 4.78 is 1.75. The van der Waals surface area contributed by atoms with Gasteiger partial charge in [-0.25, -0.2) is 0 Å². The zero-order chi connectivity index (χ0) is 13.4. The molecular weight excluding hydrogens is 238 g/mol. The molecule has 1 aliphatic carbocycles. The number of hydrogen-bond acceptors (Lipinski definition) is 2. The molecule has 0 bridgehead atoms. The number of anilines is 1. The van der Waals surface area contributed by atoms with E-state index in [2.05, 4.69) is 16.5 Å². The standard InChI is InChI=1S/C15H17N3O/c1-10-14(9-16-18(10)2)17-15(19)13-5-3-4-12(8-13)11-6-7-11/h3-5,8-9,11H,6-7H2,1-2H3,(H,17,19). The molecule has 4 nitrogen and oxygen atoms in total. The topological polar surface area (TPSA) is 46.9 Å². The Balaban J connectivity index is 1.80. The second kappa shape index (κ2) is 4.53. The van der Waals surface area contributed by atoms with E-state index in [0.29, 0.717) is 11.5 Å². The normalized spacial score (nSPS) is 14.4. The molecule has 1 amide bonds. The average Bonchev–Trinajstić information content (AvgIpc) is 3.22. The van der Waals surface area contributed by atoms with E-state index in [0.717, 1.165) is 11.4 Å². The lowest BCUT2D eigenvalue weighted by atomic mass is 10.1. The third kappa shape index (κ3) is 2.38. The summed E-state index contributed by atoms with van der Waals surface area (Å²) >= 11 is 0. The molecule has 2 aromatic rings. The van der Waals surface area contributed by atoms with E-state index in [1.54, 1.807) is 10.9 Å². The highest BCUT2D eigenvalue weighted by atomic mass is 16.1. The summed E-state index contributed by atoms with van der Waals surface area (Å²) in [7, 11) is 1.86. The van der Waals surface area contributed by atoms with Crippen molar-refractivity contribution in [2.24, 2.45) is 7.05 Å². The van der Waals surface area contributed by atoms with Crippen LogP contribution in [0.5, 0.6) is 0 Å². The van der Waals surface area contributed by atoms with Crippen LogP contribution in [-0.4, -0.2) is 15.7 Å². The highest BCUT2D eigenvalue weighted by Crippen LogP contribution is 2.40. The van der Waals surface area contributed by atoms with Crippen LogP contribution in [0.1, 0.15) is 40.4 Å². The molecule has 19 heavy (non-hydrogen) atoms. The molecule has 3 rings (SSSR count). The van der Waals surface area contributed by atoms with Crippen molar-refractivity contribution in [2.45, 2.75) is 25.7 Å². The van der Waals surface area contributed by atoms with Crippen LogP contribution in [0.15, 0.2) is 30.5 Å². The Labute approximate surface area is 112 Å². The summed E-state index contributed by atoms with van der Waals surface area (Å²) in [6.07, 6.45) is 4.16. The van der Waals surface area contributed by atoms with Crippen molar-refractivity contribution in [1.82, 2.24) is 9.78 Å². The van der Waals surface area contributed by atoms with Crippen molar-refractivity contribution in [3.63, 3.8) is 0 Å².